The molecule has 0 aliphatic heterocycles. The fraction of sp³-hybridized carbons (Fsp3) is 0.462. The second kappa shape index (κ2) is 6.28. The summed E-state index contributed by atoms with van der Waals surface area (Å²) in [6.45, 7) is 5.68. The third kappa shape index (κ3) is 2.83. The van der Waals surface area contributed by atoms with E-state index in [-0.39, 0.29) is 6.04 Å². The molecule has 0 radical (unpaired) electrons. The van der Waals surface area contributed by atoms with E-state index in [1.165, 1.54) is 0 Å². The average Bonchev–Trinajstić information content (AvgIpc) is 2.31. The summed E-state index contributed by atoms with van der Waals surface area (Å²) < 4.78 is 5.15. The van der Waals surface area contributed by atoms with Crippen LogP contribution in [0.5, 0.6) is 0 Å². The Labute approximate surface area is 97.0 Å². The molecule has 0 saturated heterocycles. The molecule has 1 aromatic rings. The van der Waals surface area contributed by atoms with E-state index in [1.54, 1.807) is 7.11 Å². The number of para-hydroxylation sites is 1. The summed E-state index contributed by atoms with van der Waals surface area (Å²) in [6, 6.07) is 7.90. The molecule has 88 valence electrons. The monoisotopic (exact) mass is 221 g/mol. The minimum atomic E-state index is 0.260. The molecule has 0 fully saturated rings. The van der Waals surface area contributed by atoms with Crippen LogP contribution in [-0.4, -0.2) is 32.6 Å². The van der Waals surface area contributed by atoms with Gasteiger partial charge in [0, 0.05) is 30.9 Å². The van der Waals surface area contributed by atoms with Crippen LogP contribution < -0.4 is 4.90 Å². The van der Waals surface area contributed by atoms with Crippen molar-refractivity contribution in [3.8, 4) is 0 Å². The van der Waals surface area contributed by atoms with Crippen molar-refractivity contribution in [1.82, 2.24) is 0 Å². The van der Waals surface area contributed by atoms with Crippen LogP contribution >= 0.6 is 0 Å². The van der Waals surface area contributed by atoms with E-state index in [0.29, 0.717) is 6.61 Å². The molecule has 0 saturated carbocycles. The highest BCUT2D eigenvalue weighted by molar-refractivity contribution is 5.84. The molecule has 1 atom stereocenters. The number of aldehydes is 1. The molecule has 3 nitrogen and oxygen atoms in total. The van der Waals surface area contributed by atoms with Crippen LogP contribution in [0.1, 0.15) is 24.2 Å². The summed E-state index contributed by atoms with van der Waals surface area (Å²) in [5, 5.41) is 0. The molecule has 1 rings (SSSR count). The summed E-state index contributed by atoms with van der Waals surface area (Å²) >= 11 is 0. The van der Waals surface area contributed by atoms with Crippen molar-refractivity contribution >= 4 is 12.0 Å². The minimum Gasteiger partial charge on any atom is -0.383 e. The van der Waals surface area contributed by atoms with Crippen molar-refractivity contribution in [2.24, 2.45) is 0 Å². The number of benzene rings is 1. The van der Waals surface area contributed by atoms with Crippen LogP contribution in [0.25, 0.3) is 0 Å². The Morgan fingerprint density at radius 1 is 1.44 bits per heavy atom. The van der Waals surface area contributed by atoms with Gasteiger partial charge in [0.25, 0.3) is 0 Å². The number of nitrogens with zero attached hydrogens (tertiary/aromatic N) is 1. The van der Waals surface area contributed by atoms with Gasteiger partial charge >= 0.3 is 0 Å². The lowest BCUT2D eigenvalue weighted by molar-refractivity contribution is 0.112. The summed E-state index contributed by atoms with van der Waals surface area (Å²) in [5.41, 5.74) is 1.71. The van der Waals surface area contributed by atoms with E-state index < -0.39 is 0 Å². The molecule has 0 aliphatic rings. The van der Waals surface area contributed by atoms with Crippen LogP contribution in [0.15, 0.2) is 24.3 Å². The Bertz CT molecular complexity index is 338. The number of hydrogen-bond donors (Lipinski definition) is 0. The largest absolute Gasteiger partial charge is 0.383 e. The minimum absolute atomic E-state index is 0.260. The lowest BCUT2D eigenvalue weighted by atomic mass is 10.1. The highest BCUT2D eigenvalue weighted by Crippen LogP contribution is 2.20. The predicted molar refractivity (Wildman–Crippen MR) is 66.2 cm³/mol. The molecular weight excluding hydrogens is 202 g/mol. The van der Waals surface area contributed by atoms with Crippen molar-refractivity contribution in [3.63, 3.8) is 0 Å². The quantitative estimate of drug-likeness (QED) is 0.691. The van der Waals surface area contributed by atoms with Gasteiger partial charge in [0.15, 0.2) is 6.29 Å². The molecular formula is C13H19NO2. The first kappa shape index (κ1) is 12.7. The highest BCUT2D eigenvalue weighted by atomic mass is 16.5. The number of rotatable bonds is 6. The van der Waals surface area contributed by atoms with Crippen LogP contribution in [0.4, 0.5) is 5.69 Å². The van der Waals surface area contributed by atoms with E-state index in [2.05, 4.69) is 18.7 Å². The van der Waals surface area contributed by atoms with E-state index in [9.17, 15) is 4.79 Å². The molecule has 0 spiro atoms. The summed E-state index contributed by atoms with van der Waals surface area (Å²) in [4.78, 5) is 13.1. The van der Waals surface area contributed by atoms with Gasteiger partial charge in [0.1, 0.15) is 0 Å². The van der Waals surface area contributed by atoms with Gasteiger partial charge in [-0.05, 0) is 26.0 Å². The molecule has 0 heterocycles. The van der Waals surface area contributed by atoms with Crippen LogP contribution in [-0.2, 0) is 4.74 Å². The second-order valence-corrected chi connectivity index (χ2v) is 3.77. The lowest BCUT2D eigenvalue weighted by Crippen LogP contribution is -2.36. The maximum atomic E-state index is 11.0. The second-order valence-electron chi connectivity index (χ2n) is 3.77. The van der Waals surface area contributed by atoms with Crippen molar-refractivity contribution < 1.29 is 9.53 Å². The molecule has 1 aromatic carbocycles. The van der Waals surface area contributed by atoms with Gasteiger partial charge in [-0.2, -0.15) is 0 Å². The van der Waals surface area contributed by atoms with Crippen LogP contribution in [0.2, 0.25) is 0 Å². The zero-order chi connectivity index (χ0) is 12.0. The molecule has 0 N–H and O–H groups in total. The molecule has 0 bridgehead atoms. The van der Waals surface area contributed by atoms with Gasteiger partial charge in [-0.15, -0.1) is 0 Å². The predicted octanol–water partition coefficient (Wildman–Crippen LogP) is 2.36. The Kier molecular flexibility index (Phi) is 4.99. The van der Waals surface area contributed by atoms with Gasteiger partial charge in [-0.1, -0.05) is 12.1 Å². The SMILES string of the molecule is CCN(c1ccccc1C=O)C(C)COC. The maximum absolute atomic E-state index is 11.0. The van der Waals surface area contributed by atoms with E-state index in [1.807, 2.05) is 24.3 Å². The van der Waals surface area contributed by atoms with Crippen molar-refractivity contribution in [3.05, 3.63) is 29.8 Å². The van der Waals surface area contributed by atoms with Gasteiger partial charge in [0.2, 0.25) is 0 Å². The maximum Gasteiger partial charge on any atom is 0.152 e. The summed E-state index contributed by atoms with van der Waals surface area (Å²) in [6.07, 6.45) is 0.900. The first-order valence-electron chi connectivity index (χ1n) is 5.54. The Morgan fingerprint density at radius 3 is 2.69 bits per heavy atom. The first-order valence-corrected chi connectivity index (χ1v) is 5.54. The Balaban J connectivity index is 2.98. The average molecular weight is 221 g/mol. The van der Waals surface area contributed by atoms with Crippen LogP contribution in [0, 0.1) is 0 Å². The zero-order valence-corrected chi connectivity index (χ0v) is 10.1. The van der Waals surface area contributed by atoms with E-state index in [4.69, 9.17) is 4.74 Å². The summed E-state index contributed by atoms with van der Waals surface area (Å²) in [5.74, 6) is 0. The number of carbonyl (C=O) groups excluding carboxylic acids is 1. The number of carbonyl (C=O) groups is 1. The first-order chi connectivity index (χ1) is 7.74. The third-order valence-electron chi connectivity index (χ3n) is 2.65. The molecule has 0 aliphatic carbocycles. The topological polar surface area (TPSA) is 29.5 Å². The van der Waals surface area contributed by atoms with Crippen molar-refractivity contribution in [1.29, 1.82) is 0 Å². The number of methoxy groups -OCH3 is 1. The van der Waals surface area contributed by atoms with Gasteiger partial charge in [-0.3, -0.25) is 4.79 Å². The van der Waals surface area contributed by atoms with Gasteiger partial charge in [-0.25, -0.2) is 0 Å². The van der Waals surface area contributed by atoms with Crippen molar-refractivity contribution in [2.75, 3.05) is 25.2 Å². The fourth-order valence-corrected chi connectivity index (χ4v) is 1.90. The number of hydrogen-bond acceptors (Lipinski definition) is 3. The number of likely N-dealkylation sites (N-methyl/N-ethyl adjacent to an activating group) is 1. The molecule has 3 heteroatoms. The smallest absolute Gasteiger partial charge is 0.152 e. The molecule has 1 unspecified atom stereocenters. The van der Waals surface area contributed by atoms with Crippen LogP contribution in [0.3, 0.4) is 0 Å². The number of anilines is 1. The fourth-order valence-electron chi connectivity index (χ4n) is 1.90. The van der Waals surface area contributed by atoms with E-state index >= 15 is 0 Å². The van der Waals surface area contributed by atoms with Gasteiger partial charge in [0.05, 0.1) is 6.61 Å². The lowest BCUT2D eigenvalue weighted by Gasteiger charge is -2.30. The van der Waals surface area contributed by atoms with Gasteiger partial charge < -0.3 is 9.64 Å². The highest BCUT2D eigenvalue weighted by Gasteiger charge is 2.15. The standard InChI is InChI=1S/C13H19NO2/c1-4-14(11(2)10-16-3)13-8-6-5-7-12(13)9-15/h5-9,11H,4,10H2,1-3H3. The molecule has 16 heavy (non-hydrogen) atoms. The normalized spacial score (nSPS) is 12.2. The Hall–Kier alpha value is -1.35. The summed E-state index contributed by atoms with van der Waals surface area (Å²) in [7, 11) is 1.69. The number of ether oxygens (including phenoxy) is 1. The third-order valence-corrected chi connectivity index (χ3v) is 2.65. The zero-order valence-electron chi connectivity index (χ0n) is 10.1. The molecule has 0 aromatic heterocycles. The molecule has 0 amide bonds. The Morgan fingerprint density at radius 2 is 2.12 bits per heavy atom. The van der Waals surface area contributed by atoms with Crippen molar-refractivity contribution in [2.45, 2.75) is 19.9 Å². The van der Waals surface area contributed by atoms with E-state index in [0.717, 1.165) is 24.1 Å².